The lowest BCUT2D eigenvalue weighted by molar-refractivity contribution is 0.101. The molecule has 0 bridgehead atoms. The van der Waals surface area contributed by atoms with Crippen LogP contribution in [0.2, 0.25) is 0 Å². The normalized spacial score (nSPS) is 9.56. The molecule has 0 fully saturated rings. The van der Waals surface area contributed by atoms with Gasteiger partial charge in [-0.25, -0.2) is 0 Å². The first-order valence-electron chi connectivity index (χ1n) is 2.56. The van der Waals surface area contributed by atoms with Crippen LogP contribution in [0.25, 0.3) is 0 Å². The van der Waals surface area contributed by atoms with E-state index >= 15 is 0 Å². The smallest absolute Gasteiger partial charge is 0.176 e. The molecule has 1 heterocycles. The first-order chi connectivity index (χ1) is 4.22. The largest absolute Gasteiger partial charge is 0.293 e. The van der Waals surface area contributed by atoms with Gasteiger partial charge in [0.15, 0.2) is 5.78 Å². The van der Waals surface area contributed by atoms with Crippen LogP contribution in [0.3, 0.4) is 0 Å². The minimum atomic E-state index is 0.106. The molecule has 3 heteroatoms. The second kappa shape index (κ2) is 2.51. The lowest BCUT2D eigenvalue weighted by atomic mass is 10.3. The highest BCUT2D eigenvalue weighted by Gasteiger charge is 2.00. The van der Waals surface area contributed by atoms with Crippen molar-refractivity contribution >= 4 is 28.6 Å². The maximum Gasteiger partial charge on any atom is 0.176 e. The van der Waals surface area contributed by atoms with Crippen LogP contribution >= 0.6 is 22.9 Å². The maximum absolute atomic E-state index is 10.7. The molecular weight excluding hydrogens is 229 g/mol. The quantitative estimate of drug-likeness (QED) is 0.538. The Hall–Kier alpha value is -0.320. The number of nitrogens with zero attached hydrogens (tertiary/aromatic N) is 1. The van der Waals surface area contributed by atoms with Gasteiger partial charge in [-0.3, -0.25) is 7.58 Å². The van der Waals surface area contributed by atoms with E-state index in [4.69, 9.17) is 0 Å². The zero-order valence-electron chi connectivity index (χ0n) is 4.97. The molecule has 0 spiro atoms. The Kier molecular flexibility index (Phi) is 1.90. The summed E-state index contributed by atoms with van der Waals surface area (Å²) in [6.07, 6.45) is 1.84. The van der Waals surface area contributed by atoms with Gasteiger partial charge in [0.05, 0.1) is 28.6 Å². The van der Waals surface area contributed by atoms with Crippen molar-refractivity contribution in [2.24, 2.45) is 0 Å². The Labute approximate surface area is 67.4 Å². The number of Topliss-reactive ketones (excluding diaryl/α,β-unsaturated/α-hetero) is 1. The summed E-state index contributed by atoms with van der Waals surface area (Å²) < 4.78 is 1.78. The lowest BCUT2D eigenvalue weighted by Gasteiger charge is -1.91. The fourth-order valence-corrected chi connectivity index (χ4v) is 1.32. The molecule has 1 rings (SSSR count). The number of aromatic nitrogens is 1. The SMILES string of the molecule is CC(=O)c1cccn1I. The minimum absolute atomic E-state index is 0.106. The Bertz CT molecular complexity index is 229. The predicted octanol–water partition coefficient (Wildman–Crippen LogP) is 1.89. The molecule has 0 unspecified atom stereocenters. The Morgan fingerprint density at radius 1 is 1.78 bits per heavy atom. The van der Waals surface area contributed by atoms with Crippen LogP contribution in [0, 0.1) is 0 Å². The lowest BCUT2D eigenvalue weighted by Crippen LogP contribution is -1.94. The summed E-state index contributed by atoms with van der Waals surface area (Å²) in [5.41, 5.74) is 0.746. The minimum Gasteiger partial charge on any atom is -0.293 e. The van der Waals surface area contributed by atoms with Crippen molar-refractivity contribution in [1.82, 2.24) is 2.78 Å². The van der Waals surface area contributed by atoms with E-state index in [0.29, 0.717) is 0 Å². The molecule has 0 radical (unpaired) electrons. The summed E-state index contributed by atoms with van der Waals surface area (Å²) in [6.45, 7) is 1.56. The van der Waals surface area contributed by atoms with E-state index in [1.54, 1.807) is 15.8 Å². The Morgan fingerprint density at radius 2 is 2.44 bits per heavy atom. The van der Waals surface area contributed by atoms with Gasteiger partial charge in [-0.15, -0.1) is 0 Å². The molecule has 9 heavy (non-hydrogen) atoms. The first kappa shape index (κ1) is 6.80. The van der Waals surface area contributed by atoms with Crippen molar-refractivity contribution in [2.75, 3.05) is 0 Å². The average Bonchev–Trinajstić information content (AvgIpc) is 2.13. The summed E-state index contributed by atoms with van der Waals surface area (Å²) in [5.74, 6) is 0.106. The number of rotatable bonds is 1. The Balaban J connectivity index is 3.08. The molecule has 48 valence electrons. The fraction of sp³-hybridized carbons (Fsp3) is 0.167. The van der Waals surface area contributed by atoms with Crippen LogP contribution in [0.15, 0.2) is 18.3 Å². The zero-order chi connectivity index (χ0) is 6.85. The van der Waals surface area contributed by atoms with Crippen molar-refractivity contribution in [3.8, 4) is 0 Å². The van der Waals surface area contributed by atoms with E-state index < -0.39 is 0 Å². The van der Waals surface area contributed by atoms with Gasteiger partial charge in [-0.2, -0.15) is 0 Å². The number of carbonyl (C=O) groups is 1. The van der Waals surface area contributed by atoms with Crippen molar-refractivity contribution in [3.05, 3.63) is 24.0 Å². The van der Waals surface area contributed by atoms with Gasteiger partial charge in [-0.05, 0) is 12.1 Å². The second-order valence-electron chi connectivity index (χ2n) is 1.76. The zero-order valence-corrected chi connectivity index (χ0v) is 7.12. The third-order valence-corrected chi connectivity index (χ3v) is 1.90. The number of hydrogen-bond donors (Lipinski definition) is 0. The van der Waals surface area contributed by atoms with Crippen LogP contribution in [0.1, 0.15) is 17.4 Å². The van der Waals surface area contributed by atoms with Crippen molar-refractivity contribution in [3.63, 3.8) is 0 Å². The van der Waals surface area contributed by atoms with Gasteiger partial charge in [0.2, 0.25) is 0 Å². The van der Waals surface area contributed by atoms with Crippen molar-refractivity contribution < 1.29 is 4.79 Å². The standard InChI is InChI=1S/C6H6INO/c1-5(9)6-3-2-4-8(6)7/h2-4H,1H3. The van der Waals surface area contributed by atoms with E-state index in [0.717, 1.165) is 5.69 Å². The third kappa shape index (κ3) is 1.32. The highest BCUT2D eigenvalue weighted by molar-refractivity contribution is 14.1. The van der Waals surface area contributed by atoms with Gasteiger partial charge in [0.25, 0.3) is 0 Å². The number of halogens is 1. The predicted molar refractivity (Wildman–Crippen MR) is 43.9 cm³/mol. The molecule has 0 saturated carbocycles. The Morgan fingerprint density at radius 3 is 2.67 bits per heavy atom. The van der Waals surface area contributed by atoms with E-state index in [-0.39, 0.29) is 5.78 Å². The summed E-state index contributed by atoms with van der Waals surface area (Å²) >= 11 is 2.07. The van der Waals surface area contributed by atoms with Gasteiger partial charge in [-0.1, -0.05) is 0 Å². The third-order valence-electron chi connectivity index (χ3n) is 1.06. The summed E-state index contributed by atoms with van der Waals surface area (Å²) in [6, 6.07) is 3.65. The van der Waals surface area contributed by atoms with Gasteiger partial charge < -0.3 is 0 Å². The van der Waals surface area contributed by atoms with Gasteiger partial charge >= 0.3 is 0 Å². The van der Waals surface area contributed by atoms with Crippen molar-refractivity contribution in [1.29, 1.82) is 0 Å². The molecule has 0 amide bonds. The fourth-order valence-electron chi connectivity index (χ4n) is 0.629. The summed E-state index contributed by atoms with van der Waals surface area (Å²) in [4.78, 5) is 10.7. The van der Waals surface area contributed by atoms with Crippen LogP contribution in [0.5, 0.6) is 0 Å². The van der Waals surface area contributed by atoms with E-state index in [1.165, 1.54) is 0 Å². The molecule has 2 nitrogen and oxygen atoms in total. The molecule has 0 atom stereocenters. The highest BCUT2D eigenvalue weighted by Crippen LogP contribution is 2.05. The molecule has 0 aliphatic carbocycles. The van der Waals surface area contributed by atoms with Crippen LogP contribution in [-0.2, 0) is 0 Å². The summed E-state index contributed by atoms with van der Waals surface area (Å²) in [5, 5.41) is 0. The highest BCUT2D eigenvalue weighted by atomic mass is 127. The van der Waals surface area contributed by atoms with Crippen molar-refractivity contribution in [2.45, 2.75) is 6.92 Å². The molecule has 0 aliphatic heterocycles. The topological polar surface area (TPSA) is 22.0 Å². The molecule has 0 aliphatic rings. The molecule has 0 saturated heterocycles. The van der Waals surface area contributed by atoms with E-state index in [9.17, 15) is 4.79 Å². The van der Waals surface area contributed by atoms with Gasteiger partial charge in [0.1, 0.15) is 0 Å². The van der Waals surface area contributed by atoms with E-state index in [2.05, 4.69) is 22.9 Å². The number of hydrogen-bond acceptors (Lipinski definition) is 1. The molecular formula is C6H6INO. The van der Waals surface area contributed by atoms with Crippen LogP contribution in [0.4, 0.5) is 0 Å². The van der Waals surface area contributed by atoms with Crippen LogP contribution < -0.4 is 0 Å². The van der Waals surface area contributed by atoms with Gasteiger partial charge in [0, 0.05) is 13.1 Å². The maximum atomic E-state index is 10.7. The molecule has 1 aromatic heterocycles. The number of ketones is 1. The average molecular weight is 235 g/mol. The van der Waals surface area contributed by atoms with Crippen LogP contribution in [-0.4, -0.2) is 8.56 Å². The summed E-state index contributed by atoms with van der Waals surface area (Å²) in [7, 11) is 0. The first-order valence-corrected chi connectivity index (χ1v) is 3.53. The monoisotopic (exact) mass is 235 g/mol. The number of carbonyl (C=O) groups excluding carboxylic acids is 1. The second-order valence-corrected chi connectivity index (χ2v) is 2.80. The van der Waals surface area contributed by atoms with E-state index in [1.807, 2.05) is 12.3 Å². The molecule has 1 aromatic rings. The molecule has 0 N–H and O–H groups in total. The molecule has 0 aromatic carbocycles.